The maximum atomic E-state index is 12.8. The Bertz CT molecular complexity index is 921. The second-order valence-electron chi connectivity index (χ2n) is 11.1. The van der Waals surface area contributed by atoms with Crippen molar-refractivity contribution < 1.29 is 19.1 Å². The van der Waals surface area contributed by atoms with Gasteiger partial charge in [-0.1, -0.05) is 43.7 Å². The fourth-order valence-electron chi connectivity index (χ4n) is 7.88. The lowest BCUT2D eigenvalue weighted by Gasteiger charge is -2.57. The van der Waals surface area contributed by atoms with Gasteiger partial charge < -0.3 is 9.47 Å². The van der Waals surface area contributed by atoms with Crippen molar-refractivity contribution in [3.05, 3.63) is 47.5 Å². The Balaban J connectivity index is 1.33. The zero-order valence-electron chi connectivity index (χ0n) is 19.6. The lowest BCUT2D eigenvalue weighted by Crippen LogP contribution is -2.51. The van der Waals surface area contributed by atoms with Crippen molar-refractivity contribution in [2.45, 2.75) is 84.3 Å². The van der Waals surface area contributed by atoms with Crippen LogP contribution >= 0.6 is 0 Å². The molecule has 1 aromatic rings. The van der Waals surface area contributed by atoms with Crippen LogP contribution in [0.3, 0.4) is 0 Å². The molecule has 0 amide bonds. The van der Waals surface area contributed by atoms with E-state index in [4.69, 9.17) is 9.47 Å². The van der Waals surface area contributed by atoms with Gasteiger partial charge in [-0.15, -0.1) is 0 Å². The molecule has 0 heterocycles. The lowest BCUT2D eigenvalue weighted by molar-refractivity contribution is -0.148. The maximum absolute atomic E-state index is 12.8. The number of fused-ring (bicyclic) bond motifs is 5. The third-order valence-electron chi connectivity index (χ3n) is 9.56. The minimum atomic E-state index is -0.179. The third-order valence-corrected chi connectivity index (χ3v) is 9.56. The number of carbonyl (C=O) groups is 2. The van der Waals surface area contributed by atoms with Crippen molar-refractivity contribution >= 4 is 11.9 Å². The minimum absolute atomic E-state index is 0.0130. The van der Waals surface area contributed by atoms with E-state index in [1.165, 1.54) is 18.9 Å². The Morgan fingerprint density at radius 1 is 0.938 bits per heavy atom. The third kappa shape index (κ3) is 3.50. The molecule has 1 aromatic carbocycles. The van der Waals surface area contributed by atoms with Gasteiger partial charge in [-0.25, -0.2) is 4.79 Å². The summed E-state index contributed by atoms with van der Waals surface area (Å²) in [6.07, 6.45) is 11.1. The van der Waals surface area contributed by atoms with Gasteiger partial charge in [0.05, 0.1) is 5.56 Å². The molecule has 0 unspecified atom stereocenters. The normalized spacial score (nSPS) is 40.3. The molecule has 32 heavy (non-hydrogen) atoms. The summed E-state index contributed by atoms with van der Waals surface area (Å²) in [5, 5.41) is 0. The van der Waals surface area contributed by atoms with Crippen LogP contribution in [0.2, 0.25) is 0 Å². The van der Waals surface area contributed by atoms with Gasteiger partial charge >= 0.3 is 11.9 Å². The van der Waals surface area contributed by atoms with E-state index < -0.39 is 0 Å². The fraction of sp³-hybridized carbons (Fsp3) is 0.643. The highest BCUT2D eigenvalue weighted by molar-refractivity contribution is 5.89. The Labute approximate surface area is 191 Å². The van der Waals surface area contributed by atoms with Crippen LogP contribution in [0.4, 0.5) is 0 Å². The van der Waals surface area contributed by atoms with Gasteiger partial charge in [0.2, 0.25) is 0 Å². The van der Waals surface area contributed by atoms with Crippen molar-refractivity contribution in [1.82, 2.24) is 0 Å². The van der Waals surface area contributed by atoms with Crippen LogP contribution in [0.1, 0.15) is 82.5 Å². The fourth-order valence-corrected chi connectivity index (χ4v) is 7.88. The molecule has 0 aromatic heterocycles. The Morgan fingerprint density at radius 3 is 2.47 bits per heavy atom. The molecular formula is C28H36O4. The number of hydrogen-bond donors (Lipinski definition) is 0. The van der Waals surface area contributed by atoms with Crippen LogP contribution in [-0.2, 0) is 14.3 Å². The molecule has 0 bridgehead atoms. The van der Waals surface area contributed by atoms with Crippen molar-refractivity contribution in [3.63, 3.8) is 0 Å². The molecule has 4 heteroatoms. The van der Waals surface area contributed by atoms with Crippen LogP contribution in [0, 0.1) is 28.6 Å². The molecule has 0 radical (unpaired) electrons. The van der Waals surface area contributed by atoms with Crippen LogP contribution in [0.25, 0.3) is 0 Å². The number of esters is 2. The predicted octanol–water partition coefficient (Wildman–Crippen LogP) is 6.11. The van der Waals surface area contributed by atoms with Gasteiger partial charge in [0.25, 0.3) is 0 Å². The van der Waals surface area contributed by atoms with Crippen LogP contribution in [0.5, 0.6) is 0 Å². The Kier molecular flexibility index (Phi) is 5.46. The second-order valence-corrected chi connectivity index (χ2v) is 11.1. The van der Waals surface area contributed by atoms with E-state index in [0.29, 0.717) is 23.3 Å². The summed E-state index contributed by atoms with van der Waals surface area (Å²) in [4.78, 5) is 24.2. The topological polar surface area (TPSA) is 52.6 Å². The van der Waals surface area contributed by atoms with Crippen molar-refractivity contribution in [2.24, 2.45) is 28.6 Å². The van der Waals surface area contributed by atoms with E-state index in [0.717, 1.165) is 44.9 Å². The van der Waals surface area contributed by atoms with E-state index in [9.17, 15) is 9.59 Å². The predicted molar refractivity (Wildman–Crippen MR) is 123 cm³/mol. The first-order valence-corrected chi connectivity index (χ1v) is 12.4. The molecule has 0 spiro atoms. The highest BCUT2D eigenvalue weighted by Crippen LogP contribution is 2.65. The van der Waals surface area contributed by atoms with Crippen LogP contribution in [-0.4, -0.2) is 24.1 Å². The highest BCUT2D eigenvalue weighted by Gasteiger charge is 2.59. The summed E-state index contributed by atoms with van der Waals surface area (Å²) in [7, 11) is 0. The average Bonchev–Trinajstić information content (AvgIpc) is 3.10. The summed E-state index contributed by atoms with van der Waals surface area (Å²) < 4.78 is 11.7. The van der Waals surface area contributed by atoms with Crippen LogP contribution < -0.4 is 0 Å². The summed E-state index contributed by atoms with van der Waals surface area (Å²) in [6.45, 7) is 6.36. The molecule has 0 aliphatic heterocycles. The lowest BCUT2D eigenvalue weighted by atomic mass is 9.48. The Morgan fingerprint density at radius 2 is 1.72 bits per heavy atom. The number of benzene rings is 1. The van der Waals surface area contributed by atoms with E-state index in [-0.39, 0.29) is 35.0 Å². The first-order chi connectivity index (χ1) is 15.3. The smallest absolute Gasteiger partial charge is 0.338 e. The van der Waals surface area contributed by atoms with Gasteiger partial charge in [-0.2, -0.15) is 0 Å². The second kappa shape index (κ2) is 8.04. The van der Waals surface area contributed by atoms with E-state index in [2.05, 4.69) is 19.9 Å². The Hall–Kier alpha value is -2.10. The molecule has 0 saturated heterocycles. The molecule has 4 aliphatic rings. The zero-order valence-corrected chi connectivity index (χ0v) is 19.6. The van der Waals surface area contributed by atoms with Crippen LogP contribution in [0.15, 0.2) is 42.0 Å². The summed E-state index contributed by atoms with van der Waals surface area (Å²) >= 11 is 0. The maximum Gasteiger partial charge on any atom is 0.338 e. The van der Waals surface area contributed by atoms with Crippen molar-refractivity contribution in [1.29, 1.82) is 0 Å². The molecule has 4 nitrogen and oxygen atoms in total. The molecule has 3 saturated carbocycles. The quantitative estimate of drug-likeness (QED) is 0.424. The van der Waals surface area contributed by atoms with Gasteiger partial charge in [0.1, 0.15) is 12.2 Å². The molecule has 0 N–H and O–H groups in total. The molecule has 5 rings (SSSR count). The standard InChI is InChI=1S/C28H36O4/c1-18(29)31-21-13-15-27(2)20(17-21)9-10-22-23-11-12-25(28(23,3)16-14-24(22)27)32-26(30)19-7-5-4-6-8-19/h4-9,21-25H,10-17H2,1-3H3/t21-,22+,23+,24+,25+,27-,28-/m1/s1. The van der Waals surface area contributed by atoms with Gasteiger partial charge in [0.15, 0.2) is 0 Å². The molecule has 3 fully saturated rings. The first-order valence-electron chi connectivity index (χ1n) is 12.4. The first kappa shape index (κ1) is 21.7. The largest absolute Gasteiger partial charge is 0.462 e. The minimum Gasteiger partial charge on any atom is -0.462 e. The zero-order chi connectivity index (χ0) is 22.5. The molecular weight excluding hydrogens is 400 g/mol. The number of rotatable bonds is 3. The van der Waals surface area contributed by atoms with E-state index in [1.807, 2.05) is 30.3 Å². The monoisotopic (exact) mass is 436 g/mol. The van der Waals surface area contributed by atoms with Gasteiger partial charge in [-0.05, 0) is 80.2 Å². The molecule has 172 valence electrons. The SMILES string of the molecule is CC(=O)O[C@@H]1CC[C@]2(C)C(=CC[C@H]3[C@@H]4CC[C@H](OC(=O)c5ccccc5)[C@]4(C)CC[C@@H]32)C1. The van der Waals surface area contributed by atoms with Crippen molar-refractivity contribution in [2.75, 3.05) is 0 Å². The van der Waals surface area contributed by atoms with Gasteiger partial charge in [0, 0.05) is 18.8 Å². The van der Waals surface area contributed by atoms with Crippen molar-refractivity contribution in [3.8, 4) is 0 Å². The highest BCUT2D eigenvalue weighted by atomic mass is 16.5. The summed E-state index contributed by atoms with van der Waals surface area (Å²) in [5.41, 5.74) is 2.46. The molecule has 4 aliphatic carbocycles. The van der Waals surface area contributed by atoms with E-state index in [1.54, 1.807) is 0 Å². The number of ether oxygens (including phenoxy) is 2. The van der Waals surface area contributed by atoms with E-state index >= 15 is 0 Å². The number of carbonyl (C=O) groups excluding carboxylic acids is 2. The number of hydrogen-bond acceptors (Lipinski definition) is 4. The molecule has 7 atom stereocenters. The summed E-state index contributed by atoms with van der Waals surface area (Å²) in [5.74, 6) is 1.61. The summed E-state index contributed by atoms with van der Waals surface area (Å²) in [6, 6.07) is 9.40. The average molecular weight is 437 g/mol. The number of allylic oxidation sites excluding steroid dienone is 1. The van der Waals surface area contributed by atoms with Gasteiger partial charge in [-0.3, -0.25) is 4.79 Å².